The van der Waals surface area contributed by atoms with Crippen molar-refractivity contribution in [3.05, 3.63) is 24.3 Å². The van der Waals surface area contributed by atoms with Crippen molar-refractivity contribution in [2.24, 2.45) is 0 Å². The minimum absolute atomic E-state index is 0.0765. The van der Waals surface area contributed by atoms with Gasteiger partial charge in [0.2, 0.25) is 5.91 Å². The summed E-state index contributed by atoms with van der Waals surface area (Å²) in [6.45, 7) is 4.28. The van der Waals surface area contributed by atoms with E-state index in [-0.39, 0.29) is 12.5 Å². The molecule has 3 N–H and O–H groups in total. The van der Waals surface area contributed by atoms with Crippen molar-refractivity contribution in [2.75, 3.05) is 6.61 Å². The van der Waals surface area contributed by atoms with Crippen LogP contribution in [0.5, 0.6) is 0 Å². The van der Waals surface area contributed by atoms with Gasteiger partial charge in [-0.1, -0.05) is 212 Å². The van der Waals surface area contributed by atoms with E-state index >= 15 is 0 Å². The second kappa shape index (κ2) is 39.3. The number of amides is 1. The Morgan fingerprint density at radius 3 is 1.23 bits per heavy atom. The Bertz CT molecular complexity index is 676. The molecular formula is C43H83NO3. The highest BCUT2D eigenvalue weighted by Gasteiger charge is 2.17. The van der Waals surface area contributed by atoms with Crippen LogP contribution in [0, 0.1) is 0 Å². The lowest BCUT2D eigenvalue weighted by atomic mass is 10.0. The highest BCUT2D eigenvalue weighted by atomic mass is 16.3. The van der Waals surface area contributed by atoms with Gasteiger partial charge < -0.3 is 15.5 Å². The SMILES string of the molecule is CCCCCCCCCCCCCCCCCCCCCC/C=C/CC/C=C/C(O)C(CO)NC(=O)CCCCCCCCCCC. The van der Waals surface area contributed by atoms with Gasteiger partial charge in [-0.25, -0.2) is 0 Å². The van der Waals surface area contributed by atoms with Crippen LogP contribution in [-0.2, 0) is 4.79 Å². The lowest BCUT2D eigenvalue weighted by molar-refractivity contribution is -0.123. The van der Waals surface area contributed by atoms with Gasteiger partial charge in [-0.05, 0) is 32.1 Å². The number of hydrogen-bond acceptors (Lipinski definition) is 3. The van der Waals surface area contributed by atoms with Crippen LogP contribution in [-0.4, -0.2) is 34.9 Å². The van der Waals surface area contributed by atoms with E-state index in [0.717, 1.165) is 32.1 Å². The minimum Gasteiger partial charge on any atom is -0.394 e. The smallest absolute Gasteiger partial charge is 0.220 e. The van der Waals surface area contributed by atoms with Gasteiger partial charge in [-0.15, -0.1) is 0 Å². The number of unbranched alkanes of at least 4 members (excludes halogenated alkanes) is 29. The Morgan fingerprint density at radius 2 is 0.830 bits per heavy atom. The fraction of sp³-hybridized carbons (Fsp3) is 0.884. The summed E-state index contributed by atoms with van der Waals surface area (Å²) in [7, 11) is 0. The van der Waals surface area contributed by atoms with Crippen LogP contribution >= 0.6 is 0 Å². The van der Waals surface area contributed by atoms with Crippen molar-refractivity contribution in [1.29, 1.82) is 0 Å². The average Bonchev–Trinajstić information content (AvgIpc) is 3.07. The predicted molar refractivity (Wildman–Crippen MR) is 207 cm³/mol. The number of carbonyl (C=O) groups is 1. The molecule has 0 fully saturated rings. The van der Waals surface area contributed by atoms with Gasteiger partial charge in [0.1, 0.15) is 0 Å². The van der Waals surface area contributed by atoms with Crippen LogP contribution in [0.25, 0.3) is 0 Å². The summed E-state index contributed by atoms with van der Waals surface area (Å²) in [4.78, 5) is 12.3. The molecule has 0 bridgehead atoms. The van der Waals surface area contributed by atoms with Crippen LogP contribution in [0.2, 0.25) is 0 Å². The lowest BCUT2D eigenvalue weighted by Crippen LogP contribution is -2.45. The molecule has 47 heavy (non-hydrogen) atoms. The highest BCUT2D eigenvalue weighted by molar-refractivity contribution is 5.76. The highest BCUT2D eigenvalue weighted by Crippen LogP contribution is 2.15. The molecule has 1 amide bonds. The van der Waals surface area contributed by atoms with Crippen LogP contribution in [0.3, 0.4) is 0 Å². The van der Waals surface area contributed by atoms with Crippen LogP contribution in [0.15, 0.2) is 24.3 Å². The monoisotopic (exact) mass is 662 g/mol. The maximum Gasteiger partial charge on any atom is 0.220 e. The van der Waals surface area contributed by atoms with E-state index in [1.54, 1.807) is 6.08 Å². The third kappa shape index (κ3) is 36.0. The molecule has 0 radical (unpaired) electrons. The van der Waals surface area contributed by atoms with Gasteiger partial charge >= 0.3 is 0 Å². The topological polar surface area (TPSA) is 69.6 Å². The maximum absolute atomic E-state index is 12.3. The lowest BCUT2D eigenvalue weighted by Gasteiger charge is -2.19. The molecule has 0 aromatic rings. The summed E-state index contributed by atoms with van der Waals surface area (Å²) in [5.74, 6) is -0.0765. The van der Waals surface area contributed by atoms with Crippen LogP contribution in [0.1, 0.15) is 226 Å². The zero-order valence-corrected chi connectivity index (χ0v) is 31.8. The second-order valence-electron chi connectivity index (χ2n) is 14.4. The number of allylic oxidation sites excluding steroid dienone is 3. The van der Waals surface area contributed by atoms with Gasteiger partial charge in [0, 0.05) is 6.42 Å². The van der Waals surface area contributed by atoms with E-state index in [1.165, 1.54) is 173 Å². The molecule has 4 heteroatoms. The van der Waals surface area contributed by atoms with Crippen molar-refractivity contribution < 1.29 is 15.0 Å². The maximum atomic E-state index is 12.3. The summed E-state index contributed by atoms with van der Waals surface area (Å²) < 4.78 is 0. The minimum atomic E-state index is -0.856. The molecule has 0 heterocycles. The molecular weight excluding hydrogens is 578 g/mol. The first-order valence-corrected chi connectivity index (χ1v) is 21.1. The molecule has 2 atom stereocenters. The quantitative estimate of drug-likeness (QED) is 0.0455. The van der Waals surface area contributed by atoms with Crippen molar-refractivity contribution in [3.63, 3.8) is 0 Å². The Hall–Kier alpha value is -1.13. The Kier molecular flexibility index (Phi) is 38.4. The first-order valence-electron chi connectivity index (χ1n) is 21.1. The number of carbonyl (C=O) groups excluding carboxylic acids is 1. The standard InChI is InChI=1S/C43H83NO3/c1-3-5-7-9-11-13-14-15-16-17-18-19-20-21-22-23-24-25-26-27-28-29-31-32-34-36-38-42(46)41(40-45)44-43(47)39-37-35-33-30-12-10-8-6-4-2/h29,31,36,38,41-42,45-46H,3-28,30,32-35,37,39-40H2,1-2H3,(H,44,47)/b31-29+,38-36+. The summed E-state index contributed by atoms with van der Waals surface area (Å²) >= 11 is 0. The molecule has 0 aliphatic carbocycles. The first-order chi connectivity index (χ1) is 23.2. The number of nitrogens with one attached hydrogen (secondary N) is 1. The first kappa shape index (κ1) is 45.9. The Balaban J connectivity index is 3.52. The van der Waals surface area contributed by atoms with E-state index in [9.17, 15) is 15.0 Å². The van der Waals surface area contributed by atoms with Crippen molar-refractivity contribution in [3.8, 4) is 0 Å². The molecule has 0 aliphatic rings. The summed E-state index contributed by atoms with van der Waals surface area (Å²) in [5, 5.41) is 22.9. The summed E-state index contributed by atoms with van der Waals surface area (Å²) in [5.41, 5.74) is 0. The van der Waals surface area contributed by atoms with E-state index in [0.29, 0.717) is 6.42 Å². The number of rotatable bonds is 38. The molecule has 0 aromatic carbocycles. The van der Waals surface area contributed by atoms with Crippen LogP contribution in [0.4, 0.5) is 0 Å². The zero-order valence-electron chi connectivity index (χ0n) is 31.8. The molecule has 0 saturated heterocycles. The molecule has 0 rings (SSSR count). The fourth-order valence-electron chi connectivity index (χ4n) is 6.43. The number of aliphatic hydroxyl groups excluding tert-OH is 2. The predicted octanol–water partition coefficient (Wildman–Crippen LogP) is 12.8. The van der Waals surface area contributed by atoms with Gasteiger partial charge in [0.05, 0.1) is 18.8 Å². The van der Waals surface area contributed by atoms with E-state index < -0.39 is 12.1 Å². The van der Waals surface area contributed by atoms with Gasteiger partial charge in [-0.3, -0.25) is 4.79 Å². The largest absolute Gasteiger partial charge is 0.394 e. The molecule has 0 spiro atoms. The summed E-state index contributed by atoms with van der Waals surface area (Å²) in [6.07, 6.45) is 50.2. The normalized spacial score (nSPS) is 13.2. The molecule has 278 valence electrons. The zero-order chi connectivity index (χ0) is 34.3. The number of hydrogen-bond donors (Lipinski definition) is 3. The third-order valence-electron chi connectivity index (χ3n) is 9.69. The molecule has 0 aromatic heterocycles. The van der Waals surface area contributed by atoms with E-state index in [1.807, 2.05) is 6.08 Å². The van der Waals surface area contributed by atoms with Gasteiger partial charge in [0.25, 0.3) is 0 Å². The fourth-order valence-corrected chi connectivity index (χ4v) is 6.43. The molecule has 0 aliphatic heterocycles. The molecule has 0 saturated carbocycles. The van der Waals surface area contributed by atoms with E-state index in [4.69, 9.17) is 0 Å². The van der Waals surface area contributed by atoms with E-state index in [2.05, 4.69) is 31.3 Å². The third-order valence-corrected chi connectivity index (χ3v) is 9.69. The van der Waals surface area contributed by atoms with Crippen molar-refractivity contribution >= 4 is 5.91 Å². The molecule has 2 unspecified atom stereocenters. The van der Waals surface area contributed by atoms with Crippen molar-refractivity contribution in [2.45, 2.75) is 238 Å². The van der Waals surface area contributed by atoms with Gasteiger partial charge in [-0.2, -0.15) is 0 Å². The molecule has 4 nitrogen and oxygen atoms in total. The Morgan fingerprint density at radius 1 is 0.489 bits per heavy atom. The second-order valence-corrected chi connectivity index (χ2v) is 14.4. The van der Waals surface area contributed by atoms with Crippen molar-refractivity contribution in [1.82, 2.24) is 5.32 Å². The number of aliphatic hydroxyl groups is 2. The van der Waals surface area contributed by atoms with Crippen LogP contribution < -0.4 is 5.32 Å². The average molecular weight is 662 g/mol. The van der Waals surface area contributed by atoms with Gasteiger partial charge in [0.15, 0.2) is 0 Å². The Labute approximate surface area is 294 Å². The summed E-state index contributed by atoms with van der Waals surface area (Å²) in [6, 6.07) is -0.632.